The van der Waals surface area contributed by atoms with Crippen molar-refractivity contribution in [2.75, 3.05) is 13.1 Å². The van der Waals surface area contributed by atoms with Crippen molar-refractivity contribution in [2.45, 2.75) is 31.9 Å². The number of carbonyl (C=O) groups excluding carboxylic acids is 2. The molecule has 1 aromatic carbocycles. The number of nitrogens with one attached hydrogen (secondary N) is 1. The Morgan fingerprint density at radius 3 is 2.63 bits per heavy atom. The van der Waals surface area contributed by atoms with Gasteiger partial charge in [0, 0.05) is 24.2 Å². The van der Waals surface area contributed by atoms with Crippen molar-refractivity contribution < 1.29 is 18.7 Å². The van der Waals surface area contributed by atoms with Crippen molar-refractivity contribution in [2.24, 2.45) is 0 Å². The van der Waals surface area contributed by atoms with E-state index in [0.717, 1.165) is 0 Å². The second-order valence-corrected chi connectivity index (χ2v) is 7.23. The van der Waals surface area contributed by atoms with E-state index < -0.39 is 6.10 Å². The molecule has 1 unspecified atom stereocenters. The summed E-state index contributed by atoms with van der Waals surface area (Å²) >= 11 is 11.9. The number of amides is 2. The summed E-state index contributed by atoms with van der Waals surface area (Å²) < 4.78 is 10.8. The maximum Gasteiger partial charge on any atom is 0.289 e. The number of benzene rings is 1. The Hall–Kier alpha value is -2.18. The Kier molecular flexibility index (Phi) is 6.29. The Bertz CT molecular complexity index is 802. The molecule has 0 aliphatic carbocycles. The van der Waals surface area contributed by atoms with Gasteiger partial charge in [0.1, 0.15) is 5.75 Å². The van der Waals surface area contributed by atoms with Crippen LogP contribution in [0.25, 0.3) is 0 Å². The zero-order chi connectivity index (χ0) is 19.4. The number of rotatable bonds is 5. The molecule has 1 saturated heterocycles. The van der Waals surface area contributed by atoms with E-state index in [-0.39, 0.29) is 17.9 Å². The first-order valence-electron chi connectivity index (χ1n) is 8.69. The highest BCUT2D eigenvalue weighted by molar-refractivity contribution is 6.35. The summed E-state index contributed by atoms with van der Waals surface area (Å²) in [4.78, 5) is 26.4. The molecular weight excluding hydrogens is 391 g/mol. The molecule has 1 N–H and O–H groups in total. The third-order valence-electron chi connectivity index (χ3n) is 4.43. The lowest BCUT2D eigenvalue weighted by Crippen LogP contribution is -2.49. The number of hydrogen-bond donors (Lipinski definition) is 1. The van der Waals surface area contributed by atoms with E-state index in [1.165, 1.54) is 6.26 Å². The van der Waals surface area contributed by atoms with Gasteiger partial charge in [0.2, 0.25) is 0 Å². The summed E-state index contributed by atoms with van der Waals surface area (Å²) in [5, 5.41) is 3.82. The topological polar surface area (TPSA) is 71.8 Å². The molecule has 8 heteroatoms. The number of carbonyl (C=O) groups is 2. The minimum Gasteiger partial charge on any atom is -0.479 e. The number of furan rings is 1. The summed E-state index contributed by atoms with van der Waals surface area (Å²) in [5.41, 5.74) is 0. The standard InChI is InChI=1S/C19H20Cl2N2O4/c1-12(27-16-5-4-13(20)11-15(16)21)18(24)22-14-6-8-23(9-7-14)19(25)17-3-2-10-26-17/h2-5,10-12,14H,6-9H2,1H3,(H,22,24). The lowest BCUT2D eigenvalue weighted by molar-refractivity contribution is -0.128. The Morgan fingerprint density at radius 1 is 1.26 bits per heavy atom. The number of hydrogen-bond acceptors (Lipinski definition) is 4. The second-order valence-electron chi connectivity index (χ2n) is 6.39. The SMILES string of the molecule is CC(Oc1ccc(Cl)cc1Cl)C(=O)NC1CCN(C(=O)c2ccco2)CC1. The molecule has 1 fully saturated rings. The van der Waals surface area contributed by atoms with E-state index in [1.54, 1.807) is 42.2 Å². The molecule has 1 aliphatic rings. The number of ether oxygens (including phenoxy) is 1. The average molecular weight is 411 g/mol. The fourth-order valence-electron chi connectivity index (χ4n) is 2.92. The minimum atomic E-state index is -0.702. The van der Waals surface area contributed by atoms with Crippen LogP contribution in [0, 0.1) is 0 Å². The van der Waals surface area contributed by atoms with Crippen LogP contribution in [0.2, 0.25) is 10.0 Å². The zero-order valence-corrected chi connectivity index (χ0v) is 16.3. The van der Waals surface area contributed by atoms with Crippen LogP contribution in [0.3, 0.4) is 0 Å². The monoisotopic (exact) mass is 410 g/mol. The van der Waals surface area contributed by atoms with Gasteiger partial charge in [-0.25, -0.2) is 0 Å². The molecule has 27 heavy (non-hydrogen) atoms. The first-order valence-corrected chi connectivity index (χ1v) is 9.44. The van der Waals surface area contributed by atoms with Gasteiger partial charge >= 0.3 is 0 Å². The molecule has 2 amide bonds. The van der Waals surface area contributed by atoms with Crippen LogP contribution in [0.15, 0.2) is 41.0 Å². The Morgan fingerprint density at radius 2 is 2.00 bits per heavy atom. The molecule has 1 aliphatic heterocycles. The van der Waals surface area contributed by atoms with Gasteiger partial charge in [-0.1, -0.05) is 23.2 Å². The predicted molar refractivity (Wildman–Crippen MR) is 102 cm³/mol. The fraction of sp³-hybridized carbons (Fsp3) is 0.368. The molecule has 2 aromatic rings. The summed E-state index contributed by atoms with van der Waals surface area (Å²) in [7, 11) is 0. The maximum atomic E-state index is 12.4. The highest BCUT2D eigenvalue weighted by atomic mass is 35.5. The zero-order valence-electron chi connectivity index (χ0n) is 14.8. The van der Waals surface area contributed by atoms with E-state index in [4.69, 9.17) is 32.4 Å². The van der Waals surface area contributed by atoms with Gasteiger partial charge in [-0.2, -0.15) is 0 Å². The normalized spacial score (nSPS) is 16.0. The summed E-state index contributed by atoms with van der Waals surface area (Å²) in [5.74, 6) is 0.387. The van der Waals surface area contributed by atoms with E-state index in [2.05, 4.69) is 5.32 Å². The Labute approximate surface area is 167 Å². The molecule has 0 bridgehead atoms. The van der Waals surface area contributed by atoms with Gasteiger partial charge in [0.05, 0.1) is 11.3 Å². The van der Waals surface area contributed by atoms with Gasteiger partial charge in [-0.3, -0.25) is 9.59 Å². The minimum absolute atomic E-state index is 0.00936. The van der Waals surface area contributed by atoms with Crippen LogP contribution in [0.4, 0.5) is 0 Å². The number of halogens is 2. The lowest BCUT2D eigenvalue weighted by atomic mass is 10.0. The second kappa shape index (κ2) is 8.67. The van der Waals surface area contributed by atoms with Crippen molar-refractivity contribution >= 4 is 35.0 Å². The van der Waals surface area contributed by atoms with E-state index in [0.29, 0.717) is 47.5 Å². The summed E-state index contributed by atoms with van der Waals surface area (Å²) in [6, 6.07) is 8.18. The fourth-order valence-corrected chi connectivity index (χ4v) is 3.37. The maximum absolute atomic E-state index is 12.4. The van der Waals surface area contributed by atoms with Gasteiger partial charge in [0.15, 0.2) is 11.9 Å². The smallest absolute Gasteiger partial charge is 0.289 e. The molecule has 0 spiro atoms. The van der Waals surface area contributed by atoms with Crippen molar-refractivity contribution in [3.8, 4) is 5.75 Å². The predicted octanol–water partition coefficient (Wildman–Crippen LogP) is 3.77. The third kappa shape index (κ3) is 4.96. The third-order valence-corrected chi connectivity index (χ3v) is 4.96. The van der Waals surface area contributed by atoms with Crippen molar-refractivity contribution in [3.63, 3.8) is 0 Å². The molecule has 3 rings (SSSR count). The molecule has 1 atom stereocenters. The number of piperidine rings is 1. The Balaban J connectivity index is 1.48. The van der Waals surface area contributed by atoms with Crippen LogP contribution in [0.5, 0.6) is 5.75 Å². The van der Waals surface area contributed by atoms with Crippen LogP contribution in [-0.4, -0.2) is 41.9 Å². The van der Waals surface area contributed by atoms with Crippen LogP contribution >= 0.6 is 23.2 Å². The molecular formula is C19H20Cl2N2O4. The first-order chi connectivity index (χ1) is 12.9. The van der Waals surface area contributed by atoms with Crippen molar-refractivity contribution in [3.05, 3.63) is 52.4 Å². The lowest BCUT2D eigenvalue weighted by Gasteiger charge is -2.32. The van der Waals surface area contributed by atoms with Crippen LogP contribution in [0.1, 0.15) is 30.3 Å². The highest BCUT2D eigenvalue weighted by Crippen LogP contribution is 2.28. The van der Waals surface area contributed by atoms with Gasteiger partial charge in [-0.15, -0.1) is 0 Å². The van der Waals surface area contributed by atoms with Gasteiger partial charge < -0.3 is 19.4 Å². The quantitative estimate of drug-likeness (QED) is 0.813. The van der Waals surface area contributed by atoms with E-state index >= 15 is 0 Å². The average Bonchev–Trinajstić information content (AvgIpc) is 3.18. The van der Waals surface area contributed by atoms with Crippen molar-refractivity contribution in [1.82, 2.24) is 10.2 Å². The molecule has 2 heterocycles. The van der Waals surface area contributed by atoms with E-state index in [9.17, 15) is 9.59 Å². The summed E-state index contributed by atoms with van der Waals surface area (Å²) in [6.07, 6.45) is 2.12. The van der Waals surface area contributed by atoms with Crippen LogP contribution < -0.4 is 10.1 Å². The molecule has 6 nitrogen and oxygen atoms in total. The number of nitrogens with zero attached hydrogens (tertiary/aromatic N) is 1. The first kappa shape index (κ1) is 19.6. The summed E-state index contributed by atoms with van der Waals surface area (Å²) in [6.45, 7) is 2.78. The molecule has 0 radical (unpaired) electrons. The molecule has 144 valence electrons. The van der Waals surface area contributed by atoms with Gasteiger partial charge in [0.25, 0.3) is 11.8 Å². The van der Waals surface area contributed by atoms with E-state index in [1.807, 2.05) is 0 Å². The van der Waals surface area contributed by atoms with Gasteiger partial charge in [-0.05, 0) is 50.1 Å². The molecule has 0 saturated carbocycles. The largest absolute Gasteiger partial charge is 0.479 e. The molecule has 1 aromatic heterocycles. The number of likely N-dealkylation sites (tertiary alicyclic amines) is 1. The van der Waals surface area contributed by atoms with Crippen molar-refractivity contribution in [1.29, 1.82) is 0 Å². The highest BCUT2D eigenvalue weighted by Gasteiger charge is 2.27. The van der Waals surface area contributed by atoms with Crippen LogP contribution in [-0.2, 0) is 4.79 Å².